The van der Waals surface area contributed by atoms with Crippen LogP contribution in [-0.2, 0) is 24.1 Å². The van der Waals surface area contributed by atoms with Gasteiger partial charge in [-0.3, -0.25) is 0 Å². The van der Waals surface area contributed by atoms with Crippen LogP contribution >= 0.6 is 0 Å². The van der Waals surface area contributed by atoms with Gasteiger partial charge >= 0.3 is 0 Å². The van der Waals surface area contributed by atoms with Gasteiger partial charge in [-0.25, -0.2) is 16.8 Å². The van der Waals surface area contributed by atoms with E-state index in [1.165, 1.54) is 63.5 Å². The minimum absolute atomic E-state index is 0.0613. The molecule has 0 fully saturated rings. The van der Waals surface area contributed by atoms with Gasteiger partial charge in [-0.15, -0.1) is 5.73 Å². The molecule has 0 unspecified atom stereocenters. The van der Waals surface area contributed by atoms with E-state index in [0.717, 1.165) is 12.8 Å². The minimum atomic E-state index is -4.12. The van der Waals surface area contributed by atoms with E-state index in [0.29, 0.717) is 0 Å². The fourth-order valence-electron chi connectivity index (χ4n) is 4.65. The van der Waals surface area contributed by atoms with Gasteiger partial charge in [0.25, 0.3) is 0 Å². The van der Waals surface area contributed by atoms with Gasteiger partial charge in [0.1, 0.15) is 0 Å². The molecule has 0 radical (unpaired) electrons. The number of hydrogen-bond donors (Lipinski definition) is 0. The van der Waals surface area contributed by atoms with Crippen LogP contribution in [0.3, 0.4) is 0 Å². The van der Waals surface area contributed by atoms with Gasteiger partial charge in [0.2, 0.25) is 19.7 Å². The molecule has 0 bridgehead atoms. The Balaban J connectivity index is 2.10. The van der Waals surface area contributed by atoms with Crippen molar-refractivity contribution in [2.24, 2.45) is 0 Å². The Morgan fingerprint density at radius 1 is 0.842 bits per heavy atom. The van der Waals surface area contributed by atoms with Gasteiger partial charge in [-0.05, 0) is 55.3 Å². The van der Waals surface area contributed by atoms with Gasteiger partial charge in [0.05, 0.1) is 9.79 Å². The molecule has 1 aliphatic rings. The highest BCUT2D eigenvalue weighted by Crippen LogP contribution is 2.50. The third-order valence-electron chi connectivity index (χ3n) is 8.26. The first-order valence-corrected chi connectivity index (χ1v) is 20.2. The third kappa shape index (κ3) is 7.51. The molecule has 1 aliphatic heterocycles. The Hall–Kier alpha value is -1.18. The van der Waals surface area contributed by atoms with Crippen LogP contribution in [0.15, 0.2) is 51.9 Å². The first kappa shape index (κ1) is 33.0. The maximum Gasteiger partial charge on any atom is 0.200 e. The lowest BCUT2D eigenvalue weighted by Crippen LogP contribution is -2.45. The van der Waals surface area contributed by atoms with Gasteiger partial charge in [-0.2, -0.15) is 0 Å². The van der Waals surface area contributed by atoms with Crippen LogP contribution in [0.5, 0.6) is 0 Å². The number of hydrogen-bond acceptors (Lipinski definition) is 5. The number of allylic oxidation sites excluding steroid dienone is 1. The van der Waals surface area contributed by atoms with E-state index in [1.807, 2.05) is 6.08 Å². The zero-order valence-electron chi connectivity index (χ0n) is 24.5. The molecule has 8 heteroatoms. The lowest BCUT2D eigenvalue weighted by atomic mass is 10.1. The van der Waals surface area contributed by atoms with Crippen molar-refractivity contribution in [3.05, 3.63) is 42.1 Å². The lowest BCUT2D eigenvalue weighted by Gasteiger charge is -2.37. The highest BCUT2D eigenvalue weighted by molar-refractivity contribution is 8.13. The number of fused-ring (bicyclic) bond motifs is 1. The van der Waals surface area contributed by atoms with Gasteiger partial charge in [-0.1, -0.05) is 91.2 Å². The van der Waals surface area contributed by atoms with Crippen LogP contribution in [0.25, 0.3) is 0 Å². The maximum absolute atomic E-state index is 13.7. The SMILES string of the molecule is CCCCCCCCCCCC=C=CCC1(CCO[Si](C)(C)C(C)(C)C)S(=O)(=O)c2ccccc2S1(=O)=O. The monoisotopic (exact) mass is 582 g/mol. The normalized spacial score (nSPS) is 17.5. The summed E-state index contributed by atoms with van der Waals surface area (Å²) in [5, 5.41) is -0.0613. The van der Waals surface area contributed by atoms with Crippen LogP contribution < -0.4 is 0 Å². The molecule has 0 aliphatic carbocycles. The first-order chi connectivity index (χ1) is 17.7. The Kier molecular flexibility index (Phi) is 12.1. The van der Waals surface area contributed by atoms with Crippen molar-refractivity contribution in [3.8, 4) is 0 Å². The summed E-state index contributed by atoms with van der Waals surface area (Å²) in [5.41, 5.74) is 3.08. The van der Waals surface area contributed by atoms with E-state index in [9.17, 15) is 16.8 Å². The zero-order chi connectivity index (χ0) is 28.5. The lowest BCUT2D eigenvalue weighted by molar-refractivity contribution is 0.274. The Bertz CT molecular complexity index is 1120. The maximum atomic E-state index is 13.7. The molecule has 0 saturated heterocycles. The molecule has 216 valence electrons. The standard InChI is InChI=1S/C30H50O5S2Si/c1-7-8-9-10-11-12-13-14-15-16-17-18-21-24-30(25-26-35-38(5,6)29(2,3)4)36(31,32)27-22-19-20-23-28(27)37(30,33)34/h17,19-23H,7-16,24-26H2,1-6H3. The first-order valence-electron chi connectivity index (χ1n) is 14.4. The number of sulfone groups is 2. The van der Waals surface area contributed by atoms with E-state index < -0.39 is 32.1 Å². The molecule has 0 atom stereocenters. The number of unbranched alkanes of at least 4 members (excludes halogenated alkanes) is 9. The average Bonchev–Trinajstić information content (AvgIpc) is 2.96. The molecule has 0 N–H and O–H groups in total. The second kappa shape index (κ2) is 13.9. The fraction of sp³-hybridized carbons (Fsp3) is 0.700. The van der Waals surface area contributed by atoms with E-state index in [1.54, 1.807) is 18.2 Å². The highest BCUT2D eigenvalue weighted by atomic mass is 32.3. The van der Waals surface area contributed by atoms with E-state index >= 15 is 0 Å². The Morgan fingerprint density at radius 3 is 1.84 bits per heavy atom. The van der Waals surface area contributed by atoms with Crippen molar-refractivity contribution in [3.63, 3.8) is 0 Å². The van der Waals surface area contributed by atoms with Crippen molar-refractivity contribution >= 4 is 28.0 Å². The molecule has 1 heterocycles. The van der Waals surface area contributed by atoms with E-state index in [4.69, 9.17) is 4.43 Å². The summed E-state index contributed by atoms with van der Waals surface area (Å²) in [7, 11) is -10.4. The quantitative estimate of drug-likeness (QED) is 0.111. The predicted octanol–water partition coefficient (Wildman–Crippen LogP) is 8.38. The molecule has 38 heavy (non-hydrogen) atoms. The summed E-state index contributed by atoms with van der Waals surface area (Å²) in [6.45, 7) is 12.8. The van der Waals surface area contributed by atoms with E-state index in [2.05, 4.69) is 46.5 Å². The van der Waals surface area contributed by atoms with Crippen molar-refractivity contribution in [1.82, 2.24) is 0 Å². The molecular weight excluding hydrogens is 533 g/mol. The average molecular weight is 583 g/mol. The van der Waals surface area contributed by atoms with Crippen molar-refractivity contribution in [1.29, 1.82) is 0 Å². The molecule has 0 aromatic heterocycles. The minimum Gasteiger partial charge on any atom is -0.417 e. The summed E-state index contributed by atoms with van der Waals surface area (Å²) < 4.78 is 59.3. The summed E-state index contributed by atoms with van der Waals surface area (Å²) in [6.07, 6.45) is 15.4. The van der Waals surface area contributed by atoms with Crippen LogP contribution in [0, 0.1) is 0 Å². The summed E-state index contributed by atoms with van der Waals surface area (Å²) >= 11 is 0. The molecular formula is C30H50O5S2Si. The summed E-state index contributed by atoms with van der Waals surface area (Å²) in [6, 6.07) is 5.97. The second-order valence-electron chi connectivity index (χ2n) is 12.1. The topological polar surface area (TPSA) is 77.5 Å². The van der Waals surface area contributed by atoms with Crippen LogP contribution in [-0.4, -0.2) is 35.8 Å². The van der Waals surface area contributed by atoms with Gasteiger partial charge in [0, 0.05) is 19.4 Å². The zero-order valence-corrected chi connectivity index (χ0v) is 27.1. The van der Waals surface area contributed by atoms with Crippen LogP contribution in [0.1, 0.15) is 105 Å². The molecule has 5 nitrogen and oxygen atoms in total. The van der Waals surface area contributed by atoms with Crippen molar-refractivity contribution < 1.29 is 21.3 Å². The summed E-state index contributed by atoms with van der Waals surface area (Å²) in [4.78, 5) is -0.196. The smallest absolute Gasteiger partial charge is 0.200 e. The van der Waals surface area contributed by atoms with Crippen molar-refractivity contribution in [2.45, 2.75) is 137 Å². The molecule has 1 aromatic rings. The third-order valence-corrected chi connectivity index (χ3v) is 18.8. The summed E-state index contributed by atoms with van der Waals surface area (Å²) in [5.74, 6) is 0. The largest absolute Gasteiger partial charge is 0.417 e. The fourth-order valence-corrected chi connectivity index (χ4v) is 11.3. The molecule has 0 amide bonds. The molecule has 1 aromatic carbocycles. The number of benzene rings is 1. The molecule has 0 spiro atoms. The van der Waals surface area contributed by atoms with Crippen molar-refractivity contribution in [2.75, 3.05) is 6.61 Å². The van der Waals surface area contributed by atoms with Gasteiger partial charge < -0.3 is 4.43 Å². The molecule has 2 rings (SSSR count). The molecule has 0 saturated carbocycles. The van der Waals surface area contributed by atoms with Crippen LogP contribution in [0.2, 0.25) is 18.1 Å². The Morgan fingerprint density at radius 2 is 1.34 bits per heavy atom. The predicted molar refractivity (Wildman–Crippen MR) is 160 cm³/mol. The highest BCUT2D eigenvalue weighted by Gasteiger charge is 2.62. The van der Waals surface area contributed by atoms with Gasteiger partial charge in [0.15, 0.2) is 12.4 Å². The van der Waals surface area contributed by atoms with Crippen LogP contribution in [0.4, 0.5) is 0 Å². The second-order valence-corrected chi connectivity index (χ2v) is 21.6. The Labute approximate surface area is 234 Å². The van der Waals surface area contributed by atoms with E-state index in [-0.39, 0.29) is 34.3 Å². The number of rotatable bonds is 16.